The van der Waals surface area contributed by atoms with Gasteiger partial charge in [-0.15, -0.1) is 0 Å². The van der Waals surface area contributed by atoms with Crippen LogP contribution in [0.25, 0.3) is 0 Å². The SMILES string of the molecule is CC(C)c1ccccc1C1CN(Cc2ccoc2)CCN1C1CC2(CCNCC2)C1. The molecular weight excluding hydrogens is 370 g/mol. The first kappa shape index (κ1) is 20.3. The zero-order valence-electron chi connectivity index (χ0n) is 18.6. The van der Waals surface area contributed by atoms with E-state index < -0.39 is 0 Å². The van der Waals surface area contributed by atoms with Gasteiger partial charge in [0.1, 0.15) is 0 Å². The van der Waals surface area contributed by atoms with Crippen molar-refractivity contribution < 1.29 is 4.42 Å². The van der Waals surface area contributed by atoms with Gasteiger partial charge in [-0.2, -0.15) is 0 Å². The quantitative estimate of drug-likeness (QED) is 0.772. The van der Waals surface area contributed by atoms with Crippen molar-refractivity contribution in [3.63, 3.8) is 0 Å². The fourth-order valence-corrected chi connectivity index (χ4v) is 6.23. The molecule has 3 aliphatic rings. The first-order valence-electron chi connectivity index (χ1n) is 11.9. The van der Waals surface area contributed by atoms with Gasteiger partial charge in [0.2, 0.25) is 0 Å². The lowest BCUT2D eigenvalue weighted by molar-refractivity contribution is -0.0650. The number of nitrogens with one attached hydrogen (secondary N) is 1. The second-order valence-corrected chi connectivity index (χ2v) is 10.2. The summed E-state index contributed by atoms with van der Waals surface area (Å²) in [5.74, 6) is 0.560. The largest absolute Gasteiger partial charge is 0.472 e. The Kier molecular flexibility index (Phi) is 5.74. The molecule has 1 spiro atoms. The van der Waals surface area contributed by atoms with Gasteiger partial charge in [0.25, 0.3) is 0 Å². The zero-order valence-corrected chi connectivity index (χ0v) is 18.6. The van der Waals surface area contributed by atoms with E-state index in [2.05, 4.69) is 59.3 Å². The maximum absolute atomic E-state index is 5.33. The molecule has 2 saturated heterocycles. The number of hydrogen-bond donors (Lipinski definition) is 1. The lowest BCUT2D eigenvalue weighted by atomic mass is 9.60. The normalized spacial score (nSPS) is 25.6. The third-order valence-corrected chi connectivity index (χ3v) is 7.94. The average molecular weight is 408 g/mol. The minimum atomic E-state index is 0.494. The van der Waals surface area contributed by atoms with Crippen molar-refractivity contribution in [2.45, 2.75) is 64.1 Å². The predicted octanol–water partition coefficient (Wildman–Crippen LogP) is 4.79. The Hall–Kier alpha value is -1.62. The van der Waals surface area contributed by atoms with Gasteiger partial charge >= 0.3 is 0 Å². The van der Waals surface area contributed by atoms with Crippen molar-refractivity contribution in [2.75, 3.05) is 32.7 Å². The van der Waals surface area contributed by atoms with Gasteiger partial charge in [-0.25, -0.2) is 0 Å². The Morgan fingerprint density at radius 3 is 2.63 bits per heavy atom. The van der Waals surface area contributed by atoms with Crippen LogP contribution in [-0.4, -0.2) is 48.6 Å². The summed E-state index contributed by atoms with van der Waals surface area (Å²) in [7, 11) is 0. The third-order valence-electron chi connectivity index (χ3n) is 7.94. The Balaban J connectivity index is 1.37. The van der Waals surface area contributed by atoms with Crippen molar-refractivity contribution in [3.8, 4) is 0 Å². The third kappa shape index (κ3) is 3.98. The predicted molar refractivity (Wildman–Crippen MR) is 122 cm³/mol. The maximum Gasteiger partial charge on any atom is 0.0947 e. The fraction of sp³-hybridized carbons (Fsp3) is 0.615. The van der Waals surface area contributed by atoms with Gasteiger partial charge < -0.3 is 9.73 Å². The topological polar surface area (TPSA) is 31.7 Å². The molecule has 1 atom stereocenters. The summed E-state index contributed by atoms with van der Waals surface area (Å²) in [6, 6.07) is 12.6. The van der Waals surface area contributed by atoms with Crippen molar-refractivity contribution >= 4 is 0 Å². The van der Waals surface area contributed by atoms with Gasteiger partial charge in [-0.05, 0) is 67.3 Å². The molecule has 30 heavy (non-hydrogen) atoms. The zero-order chi connectivity index (χ0) is 20.6. The van der Waals surface area contributed by atoms with Gasteiger partial charge in [-0.1, -0.05) is 38.1 Å². The first-order valence-corrected chi connectivity index (χ1v) is 11.9. The van der Waals surface area contributed by atoms with Gasteiger partial charge in [0.05, 0.1) is 12.5 Å². The molecule has 4 heteroatoms. The van der Waals surface area contributed by atoms with Crippen LogP contribution in [0.4, 0.5) is 0 Å². The summed E-state index contributed by atoms with van der Waals surface area (Å²) in [5, 5.41) is 3.56. The minimum Gasteiger partial charge on any atom is -0.472 e. The van der Waals surface area contributed by atoms with Crippen molar-refractivity contribution in [1.29, 1.82) is 0 Å². The molecule has 1 N–H and O–H groups in total. The van der Waals surface area contributed by atoms with Crippen LogP contribution in [0, 0.1) is 5.41 Å². The molecule has 3 fully saturated rings. The Morgan fingerprint density at radius 2 is 1.90 bits per heavy atom. The van der Waals surface area contributed by atoms with E-state index in [1.165, 1.54) is 56.4 Å². The van der Waals surface area contributed by atoms with Crippen LogP contribution >= 0.6 is 0 Å². The molecule has 1 saturated carbocycles. The smallest absolute Gasteiger partial charge is 0.0947 e. The number of furan rings is 1. The van der Waals surface area contributed by atoms with E-state index in [4.69, 9.17) is 4.42 Å². The van der Waals surface area contributed by atoms with Crippen molar-refractivity contribution in [2.24, 2.45) is 5.41 Å². The van der Waals surface area contributed by atoms with Crippen LogP contribution in [0.1, 0.15) is 68.2 Å². The fourth-order valence-electron chi connectivity index (χ4n) is 6.23. The summed E-state index contributed by atoms with van der Waals surface area (Å²) in [4.78, 5) is 5.50. The van der Waals surface area contributed by atoms with E-state index in [0.717, 1.165) is 25.7 Å². The van der Waals surface area contributed by atoms with Crippen LogP contribution in [0.5, 0.6) is 0 Å². The summed E-state index contributed by atoms with van der Waals surface area (Å²) in [5.41, 5.74) is 4.99. The minimum absolute atomic E-state index is 0.494. The number of piperidine rings is 1. The molecule has 162 valence electrons. The lowest BCUT2D eigenvalue weighted by Crippen LogP contribution is -2.59. The second kappa shape index (κ2) is 8.49. The molecule has 4 nitrogen and oxygen atoms in total. The highest BCUT2D eigenvalue weighted by atomic mass is 16.3. The van der Waals surface area contributed by atoms with E-state index in [9.17, 15) is 0 Å². The maximum atomic E-state index is 5.33. The first-order chi connectivity index (χ1) is 14.6. The number of piperazine rings is 1. The van der Waals surface area contributed by atoms with Crippen molar-refractivity contribution in [3.05, 3.63) is 59.5 Å². The van der Waals surface area contributed by atoms with Crippen LogP contribution in [0.15, 0.2) is 47.3 Å². The molecule has 1 unspecified atom stereocenters. The van der Waals surface area contributed by atoms with Gasteiger partial charge in [-0.3, -0.25) is 9.80 Å². The molecule has 0 radical (unpaired) electrons. The van der Waals surface area contributed by atoms with E-state index in [1.807, 2.05) is 6.26 Å². The van der Waals surface area contributed by atoms with Crippen molar-refractivity contribution in [1.82, 2.24) is 15.1 Å². The molecule has 1 aromatic carbocycles. The molecule has 5 rings (SSSR count). The van der Waals surface area contributed by atoms with Crippen LogP contribution in [0.2, 0.25) is 0 Å². The van der Waals surface area contributed by atoms with Crippen LogP contribution < -0.4 is 5.32 Å². The molecule has 0 amide bonds. The number of nitrogens with zero attached hydrogens (tertiary/aromatic N) is 2. The standard InChI is InChI=1S/C26H37N3O/c1-20(2)23-5-3-4-6-24(23)25-18-28(17-21-7-14-30-19-21)12-13-29(25)22-15-26(16-22)8-10-27-11-9-26/h3-7,14,19-20,22,25,27H,8-13,15-18H2,1-2H3. The number of rotatable bonds is 5. The van der Waals surface area contributed by atoms with Gasteiger partial charge in [0, 0.05) is 43.8 Å². The summed E-state index contributed by atoms with van der Waals surface area (Å²) >= 11 is 0. The highest BCUT2D eigenvalue weighted by molar-refractivity contribution is 5.33. The average Bonchev–Trinajstić information content (AvgIpc) is 3.25. The number of hydrogen-bond acceptors (Lipinski definition) is 4. The molecule has 1 aliphatic carbocycles. The molecular formula is C26H37N3O. The molecule has 0 bridgehead atoms. The Bertz CT molecular complexity index is 817. The van der Waals surface area contributed by atoms with E-state index in [1.54, 1.807) is 11.8 Å². The van der Waals surface area contributed by atoms with Crippen LogP contribution in [0.3, 0.4) is 0 Å². The second-order valence-electron chi connectivity index (χ2n) is 10.2. The lowest BCUT2D eigenvalue weighted by Gasteiger charge is -2.57. The molecule has 1 aromatic heterocycles. The van der Waals surface area contributed by atoms with E-state index >= 15 is 0 Å². The highest BCUT2D eigenvalue weighted by Crippen LogP contribution is 2.52. The Labute approximate surface area is 181 Å². The molecule has 3 heterocycles. The van der Waals surface area contributed by atoms with Gasteiger partial charge in [0.15, 0.2) is 0 Å². The highest BCUT2D eigenvalue weighted by Gasteiger charge is 2.49. The monoisotopic (exact) mass is 407 g/mol. The Morgan fingerprint density at radius 1 is 1.10 bits per heavy atom. The number of benzene rings is 1. The van der Waals surface area contributed by atoms with Crippen LogP contribution in [-0.2, 0) is 6.54 Å². The summed E-state index contributed by atoms with van der Waals surface area (Å²) in [6.07, 6.45) is 9.24. The summed E-state index contributed by atoms with van der Waals surface area (Å²) < 4.78 is 5.33. The van der Waals surface area contributed by atoms with E-state index in [-0.39, 0.29) is 0 Å². The molecule has 2 aliphatic heterocycles. The summed E-state index contributed by atoms with van der Waals surface area (Å²) in [6.45, 7) is 11.5. The molecule has 2 aromatic rings. The van der Waals surface area contributed by atoms with E-state index in [0.29, 0.717) is 17.4 Å².